The molecule has 1 fully saturated rings. The summed E-state index contributed by atoms with van der Waals surface area (Å²) in [4.78, 5) is 4.57. The molecule has 128 valence electrons. The van der Waals surface area contributed by atoms with Crippen LogP contribution in [0.1, 0.15) is 37.3 Å². The van der Waals surface area contributed by atoms with Crippen LogP contribution < -0.4 is 10.6 Å². The molecule has 0 saturated heterocycles. The Hall–Kier alpha value is -1.27. The fourth-order valence-corrected chi connectivity index (χ4v) is 3.13. The second-order valence-electron chi connectivity index (χ2n) is 5.97. The summed E-state index contributed by atoms with van der Waals surface area (Å²) in [5, 5.41) is 16.6. The molecule has 1 aliphatic rings. The molecule has 0 amide bonds. The van der Waals surface area contributed by atoms with E-state index in [0.29, 0.717) is 19.0 Å². The fraction of sp³-hybridized carbons (Fsp3) is 0.588. The van der Waals surface area contributed by atoms with Crippen molar-refractivity contribution in [2.45, 2.75) is 44.1 Å². The third-order valence-electron chi connectivity index (χ3n) is 4.09. The van der Waals surface area contributed by atoms with E-state index in [1.54, 1.807) is 23.9 Å². The lowest BCUT2D eigenvalue weighted by Crippen LogP contribution is -2.50. The first-order valence-electron chi connectivity index (χ1n) is 8.07. The second kappa shape index (κ2) is 8.55. The highest BCUT2D eigenvalue weighted by Gasteiger charge is 2.34. The SMILES string of the molecule is CCNC(=NCc1ccc(F)cc1CSC)NCC1(O)CCC1. The van der Waals surface area contributed by atoms with Gasteiger partial charge in [-0.2, -0.15) is 11.8 Å². The molecule has 0 spiro atoms. The van der Waals surface area contributed by atoms with Gasteiger partial charge >= 0.3 is 0 Å². The van der Waals surface area contributed by atoms with Gasteiger partial charge in [-0.3, -0.25) is 0 Å². The van der Waals surface area contributed by atoms with Crippen LogP contribution in [0.2, 0.25) is 0 Å². The topological polar surface area (TPSA) is 56.7 Å². The maximum atomic E-state index is 13.4. The van der Waals surface area contributed by atoms with Crippen LogP contribution in [0.3, 0.4) is 0 Å². The highest BCUT2D eigenvalue weighted by molar-refractivity contribution is 7.97. The predicted molar refractivity (Wildman–Crippen MR) is 95.2 cm³/mol. The zero-order valence-electron chi connectivity index (χ0n) is 13.9. The van der Waals surface area contributed by atoms with Gasteiger partial charge in [0.25, 0.3) is 0 Å². The van der Waals surface area contributed by atoms with E-state index in [1.165, 1.54) is 6.07 Å². The first-order valence-corrected chi connectivity index (χ1v) is 9.46. The molecule has 0 aromatic heterocycles. The van der Waals surface area contributed by atoms with Gasteiger partial charge in [0.2, 0.25) is 0 Å². The predicted octanol–water partition coefficient (Wildman–Crippen LogP) is 2.66. The summed E-state index contributed by atoms with van der Waals surface area (Å²) in [5.41, 5.74) is 1.42. The third kappa shape index (κ3) is 5.39. The Morgan fingerprint density at radius 2 is 2.13 bits per heavy atom. The molecule has 0 radical (unpaired) electrons. The van der Waals surface area contributed by atoms with Crippen molar-refractivity contribution in [2.24, 2.45) is 4.99 Å². The number of rotatable bonds is 7. The van der Waals surface area contributed by atoms with Crippen LogP contribution in [-0.2, 0) is 12.3 Å². The highest BCUT2D eigenvalue weighted by atomic mass is 32.2. The molecule has 0 unspecified atom stereocenters. The number of thioether (sulfide) groups is 1. The molecule has 23 heavy (non-hydrogen) atoms. The van der Waals surface area contributed by atoms with Crippen molar-refractivity contribution in [1.29, 1.82) is 0 Å². The van der Waals surface area contributed by atoms with E-state index in [0.717, 1.165) is 42.7 Å². The number of hydrogen-bond acceptors (Lipinski definition) is 3. The van der Waals surface area contributed by atoms with Crippen molar-refractivity contribution in [2.75, 3.05) is 19.3 Å². The minimum atomic E-state index is -0.587. The number of nitrogens with zero attached hydrogens (tertiary/aromatic N) is 1. The first-order chi connectivity index (χ1) is 11.1. The molecule has 0 aliphatic heterocycles. The molecule has 3 N–H and O–H groups in total. The average Bonchev–Trinajstić information content (AvgIpc) is 2.50. The Labute approximate surface area is 142 Å². The van der Waals surface area contributed by atoms with Crippen molar-refractivity contribution in [3.63, 3.8) is 0 Å². The van der Waals surface area contributed by atoms with E-state index in [4.69, 9.17) is 0 Å². The van der Waals surface area contributed by atoms with Crippen LogP contribution in [0, 0.1) is 5.82 Å². The Bertz CT molecular complexity index is 547. The summed E-state index contributed by atoms with van der Waals surface area (Å²) in [5.74, 6) is 1.25. The van der Waals surface area contributed by atoms with Gasteiger partial charge in [-0.15, -0.1) is 0 Å². The van der Waals surface area contributed by atoms with Crippen LogP contribution in [0.25, 0.3) is 0 Å². The van der Waals surface area contributed by atoms with E-state index in [-0.39, 0.29) is 5.82 Å². The van der Waals surface area contributed by atoms with E-state index >= 15 is 0 Å². The average molecular weight is 339 g/mol. The minimum Gasteiger partial charge on any atom is -0.388 e. The Kier molecular flexibility index (Phi) is 6.72. The molecular formula is C17H26FN3OS. The largest absolute Gasteiger partial charge is 0.388 e. The molecular weight excluding hydrogens is 313 g/mol. The summed E-state index contributed by atoms with van der Waals surface area (Å²) >= 11 is 1.67. The van der Waals surface area contributed by atoms with Gasteiger partial charge in [0, 0.05) is 18.8 Å². The molecule has 1 aliphatic carbocycles. The zero-order chi connectivity index (χ0) is 16.7. The number of halogens is 1. The molecule has 4 nitrogen and oxygen atoms in total. The standard InChI is InChI=1S/C17H26FN3OS/c1-3-19-16(21-12-17(22)7-4-8-17)20-10-13-5-6-15(18)9-14(13)11-23-2/h5-6,9,22H,3-4,7-8,10-12H2,1-2H3,(H2,19,20,21). The Morgan fingerprint density at radius 3 is 2.74 bits per heavy atom. The summed E-state index contributed by atoms with van der Waals surface area (Å²) < 4.78 is 13.4. The van der Waals surface area contributed by atoms with Crippen molar-refractivity contribution in [1.82, 2.24) is 10.6 Å². The minimum absolute atomic E-state index is 0.209. The van der Waals surface area contributed by atoms with Crippen LogP contribution in [0.15, 0.2) is 23.2 Å². The summed E-state index contributed by atoms with van der Waals surface area (Å²) in [6.07, 6.45) is 4.77. The number of hydrogen-bond donors (Lipinski definition) is 3. The summed E-state index contributed by atoms with van der Waals surface area (Å²) in [6.45, 7) is 3.77. The lowest BCUT2D eigenvalue weighted by Gasteiger charge is -2.37. The molecule has 0 atom stereocenters. The number of aliphatic imine (C=N–C) groups is 1. The first kappa shape index (κ1) is 18.1. The molecule has 1 aromatic rings. The monoisotopic (exact) mass is 339 g/mol. The lowest BCUT2D eigenvalue weighted by molar-refractivity contribution is -0.0279. The number of nitrogens with one attached hydrogen (secondary N) is 2. The summed E-state index contributed by atoms with van der Waals surface area (Å²) in [7, 11) is 0. The van der Waals surface area contributed by atoms with Gasteiger partial charge in [0.05, 0.1) is 12.1 Å². The molecule has 6 heteroatoms. The number of aliphatic hydroxyl groups is 1. The maximum Gasteiger partial charge on any atom is 0.191 e. The smallest absolute Gasteiger partial charge is 0.191 e. The van der Waals surface area contributed by atoms with Crippen LogP contribution >= 0.6 is 11.8 Å². The zero-order valence-corrected chi connectivity index (χ0v) is 14.7. The molecule has 0 heterocycles. The van der Waals surface area contributed by atoms with Crippen molar-refractivity contribution in [3.8, 4) is 0 Å². The van der Waals surface area contributed by atoms with E-state index in [1.807, 2.05) is 13.2 Å². The molecule has 1 saturated carbocycles. The number of benzene rings is 1. The van der Waals surface area contributed by atoms with Crippen LogP contribution in [0.4, 0.5) is 4.39 Å². The molecule has 1 aromatic carbocycles. The van der Waals surface area contributed by atoms with Gasteiger partial charge in [0.15, 0.2) is 5.96 Å². The van der Waals surface area contributed by atoms with E-state index in [2.05, 4.69) is 15.6 Å². The third-order valence-corrected chi connectivity index (χ3v) is 4.69. The van der Waals surface area contributed by atoms with Gasteiger partial charge < -0.3 is 15.7 Å². The van der Waals surface area contributed by atoms with Crippen LogP contribution in [-0.4, -0.2) is 36.0 Å². The highest BCUT2D eigenvalue weighted by Crippen LogP contribution is 2.30. The number of guanidine groups is 1. The van der Waals surface area contributed by atoms with Crippen molar-refractivity contribution in [3.05, 3.63) is 35.1 Å². The summed E-state index contributed by atoms with van der Waals surface area (Å²) in [6, 6.07) is 4.86. The van der Waals surface area contributed by atoms with Gasteiger partial charge in [0.1, 0.15) is 5.82 Å². The van der Waals surface area contributed by atoms with Crippen molar-refractivity contribution >= 4 is 17.7 Å². The molecule has 2 rings (SSSR count). The van der Waals surface area contributed by atoms with Gasteiger partial charge in [-0.1, -0.05) is 6.07 Å². The maximum absolute atomic E-state index is 13.4. The fourth-order valence-electron chi connectivity index (χ4n) is 2.55. The van der Waals surface area contributed by atoms with Gasteiger partial charge in [-0.05, 0) is 55.7 Å². The Balaban J connectivity index is 2.01. The van der Waals surface area contributed by atoms with E-state index < -0.39 is 5.60 Å². The normalized spacial score (nSPS) is 16.8. The second-order valence-corrected chi connectivity index (χ2v) is 6.84. The van der Waals surface area contributed by atoms with Crippen molar-refractivity contribution < 1.29 is 9.50 Å². The van der Waals surface area contributed by atoms with Crippen LogP contribution in [0.5, 0.6) is 0 Å². The Morgan fingerprint density at radius 1 is 1.35 bits per heavy atom. The quantitative estimate of drug-likeness (QED) is 0.528. The van der Waals surface area contributed by atoms with Gasteiger partial charge in [-0.25, -0.2) is 9.38 Å². The van der Waals surface area contributed by atoms with E-state index in [9.17, 15) is 9.50 Å². The lowest BCUT2D eigenvalue weighted by atomic mass is 9.80. The molecule has 0 bridgehead atoms.